The summed E-state index contributed by atoms with van der Waals surface area (Å²) in [5, 5.41) is 0. The molecule has 1 rings (SSSR count). The molecule has 19 heavy (non-hydrogen) atoms. The molecule has 0 nitrogen and oxygen atoms in total. The van der Waals surface area contributed by atoms with Crippen molar-refractivity contribution in [3.05, 3.63) is 0 Å². The van der Waals surface area contributed by atoms with Crippen LogP contribution in [0.2, 0.25) is 0 Å². The minimum absolute atomic E-state index is 0.634. The zero-order chi connectivity index (χ0) is 14.8. The van der Waals surface area contributed by atoms with Gasteiger partial charge in [0, 0.05) is 0 Å². The molecule has 0 aromatic carbocycles. The van der Waals surface area contributed by atoms with Gasteiger partial charge in [0.05, 0.1) is 0 Å². The van der Waals surface area contributed by atoms with Crippen LogP contribution in [0.1, 0.15) is 81.1 Å². The maximum absolute atomic E-state index is 2.60. The van der Waals surface area contributed by atoms with Gasteiger partial charge in [-0.15, -0.1) is 0 Å². The molecule has 0 bridgehead atoms. The van der Waals surface area contributed by atoms with Gasteiger partial charge in [0.1, 0.15) is 0 Å². The number of rotatable bonds is 8. The van der Waals surface area contributed by atoms with E-state index < -0.39 is 0 Å². The summed E-state index contributed by atoms with van der Waals surface area (Å²) in [6.45, 7) is 19.5. The molecule has 1 aliphatic carbocycles. The second kappa shape index (κ2) is 6.64. The number of hydrogen-bond acceptors (Lipinski definition) is 0. The average molecular weight is 267 g/mol. The Morgan fingerprint density at radius 2 is 1.53 bits per heavy atom. The van der Waals surface area contributed by atoms with E-state index in [4.69, 9.17) is 0 Å². The van der Waals surface area contributed by atoms with Gasteiger partial charge in [-0.25, -0.2) is 0 Å². The normalized spacial score (nSPS) is 33.8. The number of hydrogen-bond donors (Lipinski definition) is 0. The highest BCUT2D eigenvalue weighted by molar-refractivity contribution is 5.11. The Morgan fingerprint density at radius 1 is 0.947 bits per heavy atom. The third kappa shape index (κ3) is 3.56. The fourth-order valence-corrected chi connectivity index (χ4v) is 4.40. The third-order valence-corrected chi connectivity index (χ3v) is 6.30. The quantitative estimate of drug-likeness (QED) is 0.476. The van der Waals surface area contributed by atoms with E-state index in [1.54, 1.807) is 0 Å². The van der Waals surface area contributed by atoms with Crippen LogP contribution in [-0.2, 0) is 0 Å². The molecule has 0 heterocycles. The summed E-state index contributed by atoms with van der Waals surface area (Å²) in [6.07, 6.45) is 5.64. The second-order valence-corrected chi connectivity index (χ2v) is 8.26. The van der Waals surface area contributed by atoms with Gasteiger partial charge < -0.3 is 0 Å². The molecule has 0 spiro atoms. The Bertz CT molecular complexity index is 265. The first-order valence-electron chi connectivity index (χ1n) is 8.76. The molecule has 0 radical (unpaired) electrons. The summed E-state index contributed by atoms with van der Waals surface area (Å²) in [4.78, 5) is 0. The Labute approximate surface area is 122 Å². The first-order chi connectivity index (χ1) is 8.76. The summed E-state index contributed by atoms with van der Waals surface area (Å²) in [5.41, 5.74) is 0.634. The lowest BCUT2D eigenvalue weighted by atomic mass is 9.80. The van der Waals surface area contributed by atoms with E-state index >= 15 is 0 Å². The summed E-state index contributed by atoms with van der Waals surface area (Å²) in [6, 6.07) is 0. The van der Waals surface area contributed by atoms with Gasteiger partial charge in [-0.1, -0.05) is 68.2 Å². The van der Waals surface area contributed by atoms with Crippen LogP contribution >= 0.6 is 0 Å². The first kappa shape index (κ1) is 17.1. The zero-order valence-corrected chi connectivity index (χ0v) is 14.8. The van der Waals surface area contributed by atoms with Crippen molar-refractivity contribution in [1.29, 1.82) is 0 Å². The largest absolute Gasteiger partial charge is 0.0654 e. The van der Waals surface area contributed by atoms with Crippen molar-refractivity contribution in [1.82, 2.24) is 0 Å². The molecule has 0 aromatic rings. The van der Waals surface area contributed by atoms with Crippen LogP contribution in [0.3, 0.4) is 0 Å². The van der Waals surface area contributed by atoms with Crippen molar-refractivity contribution < 1.29 is 0 Å². The lowest BCUT2D eigenvalue weighted by molar-refractivity contribution is 0.237. The minimum atomic E-state index is 0.634. The first-order valence-corrected chi connectivity index (χ1v) is 8.76. The van der Waals surface area contributed by atoms with Crippen LogP contribution in [0.4, 0.5) is 0 Å². The summed E-state index contributed by atoms with van der Waals surface area (Å²) in [7, 11) is 0. The second-order valence-electron chi connectivity index (χ2n) is 8.26. The van der Waals surface area contributed by atoms with Crippen LogP contribution in [0.15, 0.2) is 0 Å². The van der Waals surface area contributed by atoms with E-state index in [2.05, 4.69) is 55.4 Å². The SMILES string of the molecule is CCCC1C(C(C)C(C)C)C1(C)C(C)CCC(C)C. The molecule has 0 heteroatoms. The molecule has 0 amide bonds. The van der Waals surface area contributed by atoms with E-state index in [0.717, 1.165) is 35.5 Å². The summed E-state index contributed by atoms with van der Waals surface area (Å²) < 4.78 is 0. The molecular formula is C19H38. The molecule has 0 aromatic heterocycles. The average Bonchev–Trinajstić information content (AvgIpc) is 2.92. The predicted octanol–water partition coefficient (Wildman–Crippen LogP) is 6.40. The van der Waals surface area contributed by atoms with Crippen molar-refractivity contribution in [2.75, 3.05) is 0 Å². The van der Waals surface area contributed by atoms with Gasteiger partial charge in [0.25, 0.3) is 0 Å². The molecule has 1 fully saturated rings. The van der Waals surface area contributed by atoms with Crippen molar-refractivity contribution in [3.63, 3.8) is 0 Å². The van der Waals surface area contributed by atoms with Crippen LogP contribution in [0.25, 0.3) is 0 Å². The highest BCUT2D eigenvalue weighted by atomic mass is 14.7. The zero-order valence-electron chi connectivity index (χ0n) is 14.8. The summed E-state index contributed by atoms with van der Waals surface area (Å²) in [5.74, 6) is 5.46. The molecule has 0 saturated heterocycles. The molecule has 114 valence electrons. The van der Waals surface area contributed by atoms with Gasteiger partial charge in [-0.2, -0.15) is 0 Å². The van der Waals surface area contributed by atoms with Gasteiger partial charge in [-0.05, 0) is 53.8 Å². The van der Waals surface area contributed by atoms with Gasteiger partial charge in [0.2, 0.25) is 0 Å². The van der Waals surface area contributed by atoms with Crippen molar-refractivity contribution in [3.8, 4) is 0 Å². The molecule has 5 atom stereocenters. The maximum atomic E-state index is 2.60. The Kier molecular flexibility index (Phi) is 5.96. The molecule has 5 unspecified atom stereocenters. The fourth-order valence-electron chi connectivity index (χ4n) is 4.40. The highest BCUT2D eigenvalue weighted by Crippen LogP contribution is 2.69. The molecule has 1 saturated carbocycles. The Hall–Kier alpha value is 0. The van der Waals surface area contributed by atoms with E-state index in [-0.39, 0.29) is 0 Å². The lowest BCUT2D eigenvalue weighted by Gasteiger charge is -2.25. The van der Waals surface area contributed by atoms with Crippen molar-refractivity contribution in [2.45, 2.75) is 81.1 Å². The maximum Gasteiger partial charge on any atom is -0.0235 e. The van der Waals surface area contributed by atoms with Gasteiger partial charge in [0.15, 0.2) is 0 Å². The summed E-state index contributed by atoms with van der Waals surface area (Å²) >= 11 is 0. The van der Waals surface area contributed by atoms with E-state index in [1.165, 1.54) is 25.7 Å². The van der Waals surface area contributed by atoms with E-state index in [0.29, 0.717) is 5.41 Å². The van der Waals surface area contributed by atoms with Crippen LogP contribution < -0.4 is 0 Å². The van der Waals surface area contributed by atoms with Crippen molar-refractivity contribution >= 4 is 0 Å². The third-order valence-electron chi connectivity index (χ3n) is 6.30. The van der Waals surface area contributed by atoms with Crippen LogP contribution in [0, 0.1) is 40.9 Å². The van der Waals surface area contributed by atoms with Crippen LogP contribution in [-0.4, -0.2) is 0 Å². The lowest BCUT2D eigenvalue weighted by Crippen LogP contribution is -2.18. The van der Waals surface area contributed by atoms with E-state index in [1.807, 2.05) is 0 Å². The molecule has 0 aliphatic heterocycles. The van der Waals surface area contributed by atoms with Gasteiger partial charge in [-0.3, -0.25) is 0 Å². The molecule has 0 N–H and O–H groups in total. The van der Waals surface area contributed by atoms with Crippen LogP contribution in [0.5, 0.6) is 0 Å². The highest BCUT2D eigenvalue weighted by Gasteiger charge is 2.63. The smallest absolute Gasteiger partial charge is 0.0235 e. The fraction of sp³-hybridized carbons (Fsp3) is 1.00. The standard InChI is InChI=1S/C19H38/c1-9-10-17-18(16(7)14(4)5)19(17,8)15(6)12-11-13(2)3/h13-18H,9-12H2,1-8H3. The predicted molar refractivity (Wildman–Crippen MR) is 87.2 cm³/mol. The van der Waals surface area contributed by atoms with Crippen molar-refractivity contribution in [2.24, 2.45) is 40.9 Å². The minimum Gasteiger partial charge on any atom is -0.0654 e. The molecular weight excluding hydrogens is 228 g/mol. The molecule has 1 aliphatic rings. The topological polar surface area (TPSA) is 0 Å². The Balaban J connectivity index is 2.71. The Morgan fingerprint density at radius 3 is 1.95 bits per heavy atom. The van der Waals surface area contributed by atoms with Gasteiger partial charge >= 0.3 is 0 Å². The van der Waals surface area contributed by atoms with E-state index in [9.17, 15) is 0 Å². The monoisotopic (exact) mass is 266 g/mol.